The fourth-order valence-corrected chi connectivity index (χ4v) is 2.56. The van der Waals surface area contributed by atoms with E-state index in [0.717, 1.165) is 40.4 Å². The number of hydrogen-bond acceptors (Lipinski definition) is 3. The van der Waals surface area contributed by atoms with E-state index < -0.39 is 0 Å². The van der Waals surface area contributed by atoms with Gasteiger partial charge in [-0.1, -0.05) is 0 Å². The van der Waals surface area contributed by atoms with Crippen molar-refractivity contribution < 1.29 is 4.74 Å². The fraction of sp³-hybridized carbons (Fsp3) is 0.235. The molecule has 3 rings (SSSR count). The van der Waals surface area contributed by atoms with Gasteiger partial charge in [-0.15, -0.1) is 0 Å². The van der Waals surface area contributed by atoms with Crippen molar-refractivity contribution in [1.29, 1.82) is 0 Å². The molecule has 0 saturated heterocycles. The Kier molecular flexibility index (Phi) is 3.52. The SMILES string of the molecule is CCn1c(-c2ccc(NC)cc2)nc2cc(OC)ccc21. The number of rotatable bonds is 4. The Morgan fingerprint density at radius 3 is 2.52 bits per heavy atom. The van der Waals surface area contributed by atoms with Crippen molar-refractivity contribution in [2.45, 2.75) is 13.5 Å². The van der Waals surface area contributed by atoms with Gasteiger partial charge in [-0.3, -0.25) is 0 Å². The maximum absolute atomic E-state index is 5.28. The zero-order valence-electron chi connectivity index (χ0n) is 12.6. The largest absolute Gasteiger partial charge is 0.497 e. The lowest BCUT2D eigenvalue weighted by Gasteiger charge is -2.07. The van der Waals surface area contributed by atoms with Gasteiger partial charge in [0.1, 0.15) is 11.6 Å². The second kappa shape index (κ2) is 5.48. The van der Waals surface area contributed by atoms with E-state index in [0.29, 0.717) is 0 Å². The molecule has 3 aromatic rings. The van der Waals surface area contributed by atoms with Crippen molar-refractivity contribution in [2.24, 2.45) is 0 Å². The highest BCUT2D eigenvalue weighted by Gasteiger charge is 2.12. The standard InChI is InChI=1S/C17H19N3O/c1-4-20-16-10-9-14(21-3)11-15(16)19-17(20)12-5-7-13(18-2)8-6-12/h5-11,18H,4H2,1-3H3. The Bertz CT molecular complexity index is 760. The van der Waals surface area contributed by atoms with Crippen LogP contribution in [0.5, 0.6) is 5.75 Å². The van der Waals surface area contributed by atoms with E-state index >= 15 is 0 Å². The van der Waals surface area contributed by atoms with Crippen LogP contribution in [-0.4, -0.2) is 23.7 Å². The van der Waals surface area contributed by atoms with Crippen LogP contribution in [0.1, 0.15) is 6.92 Å². The third kappa shape index (κ3) is 2.33. The average molecular weight is 281 g/mol. The molecule has 1 N–H and O–H groups in total. The Morgan fingerprint density at radius 1 is 1.14 bits per heavy atom. The van der Waals surface area contributed by atoms with Crippen LogP contribution in [0.15, 0.2) is 42.5 Å². The van der Waals surface area contributed by atoms with Crippen LogP contribution in [0.25, 0.3) is 22.4 Å². The second-order valence-corrected chi connectivity index (χ2v) is 4.86. The Balaban J connectivity index is 2.16. The first-order valence-corrected chi connectivity index (χ1v) is 7.09. The number of ether oxygens (including phenoxy) is 1. The van der Waals surface area contributed by atoms with E-state index in [1.165, 1.54) is 0 Å². The molecule has 0 bridgehead atoms. The van der Waals surface area contributed by atoms with Gasteiger partial charge >= 0.3 is 0 Å². The van der Waals surface area contributed by atoms with Crippen molar-refractivity contribution in [3.05, 3.63) is 42.5 Å². The van der Waals surface area contributed by atoms with Crippen molar-refractivity contribution in [3.63, 3.8) is 0 Å². The lowest BCUT2D eigenvalue weighted by molar-refractivity contribution is 0.415. The van der Waals surface area contributed by atoms with Crippen LogP contribution >= 0.6 is 0 Å². The predicted octanol–water partition coefficient (Wildman–Crippen LogP) is 3.77. The average Bonchev–Trinajstić information content (AvgIpc) is 2.92. The van der Waals surface area contributed by atoms with Gasteiger partial charge < -0.3 is 14.6 Å². The number of aryl methyl sites for hydroxylation is 1. The first kappa shape index (κ1) is 13.5. The summed E-state index contributed by atoms with van der Waals surface area (Å²) in [6.45, 7) is 3.02. The summed E-state index contributed by atoms with van der Waals surface area (Å²) in [7, 11) is 3.60. The zero-order chi connectivity index (χ0) is 14.8. The summed E-state index contributed by atoms with van der Waals surface area (Å²) in [4.78, 5) is 4.78. The monoisotopic (exact) mass is 281 g/mol. The number of nitrogens with zero attached hydrogens (tertiary/aromatic N) is 2. The lowest BCUT2D eigenvalue weighted by atomic mass is 10.2. The number of aromatic nitrogens is 2. The molecule has 0 spiro atoms. The highest BCUT2D eigenvalue weighted by molar-refractivity contribution is 5.82. The summed E-state index contributed by atoms with van der Waals surface area (Å²) in [5, 5.41) is 3.13. The molecule has 0 aliphatic heterocycles. The summed E-state index contributed by atoms with van der Waals surface area (Å²) in [6, 6.07) is 14.3. The molecule has 0 unspecified atom stereocenters. The first-order chi connectivity index (χ1) is 10.3. The van der Waals surface area contributed by atoms with Crippen molar-refractivity contribution in [1.82, 2.24) is 9.55 Å². The number of methoxy groups -OCH3 is 1. The van der Waals surface area contributed by atoms with E-state index in [-0.39, 0.29) is 0 Å². The molecular weight excluding hydrogens is 262 g/mol. The third-order valence-corrected chi connectivity index (χ3v) is 3.70. The highest BCUT2D eigenvalue weighted by atomic mass is 16.5. The van der Waals surface area contributed by atoms with Crippen LogP contribution in [0.2, 0.25) is 0 Å². The molecule has 1 aromatic heterocycles. The van der Waals surface area contributed by atoms with E-state index in [1.807, 2.05) is 19.2 Å². The van der Waals surface area contributed by atoms with Gasteiger partial charge in [-0.2, -0.15) is 0 Å². The molecule has 1 heterocycles. The molecule has 0 radical (unpaired) electrons. The van der Waals surface area contributed by atoms with Crippen LogP contribution in [0, 0.1) is 0 Å². The number of imidazole rings is 1. The molecule has 0 fully saturated rings. The van der Waals surface area contributed by atoms with Crippen LogP contribution in [0.3, 0.4) is 0 Å². The molecule has 0 saturated carbocycles. The van der Waals surface area contributed by atoms with Gasteiger partial charge in [0.15, 0.2) is 0 Å². The Morgan fingerprint density at radius 2 is 1.90 bits per heavy atom. The molecule has 4 heteroatoms. The van der Waals surface area contributed by atoms with E-state index in [2.05, 4.69) is 47.1 Å². The molecule has 21 heavy (non-hydrogen) atoms. The number of fused-ring (bicyclic) bond motifs is 1. The Hall–Kier alpha value is -2.49. The third-order valence-electron chi connectivity index (χ3n) is 3.70. The highest BCUT2D eigenvalue weighted by Crippen LogP contribution is 2.28. The van der Waals surface area contributed by atoms with Crippen LogP contribution < -0.4 is 10.1 Å². The predicted molar refractivity (Wildman–Crippen MR) is 86.9 cm³/mol. The normalized spacial score (nSPS) is 10.8. The van der Waals surface area contributed by atoms with Gasteiger partial charge in [-0.05, 0) is 43.3 Å². The van der Waals surface area contributed by atoms with Gasteiger partial charge in [0.25, 0.3) is 0 Å². The molecule has 0 aliphatic carbocycles. The molecule has 0 atom stereocenters. The maximum atomic E-state index is 5.28. The van der Waals surface area contributed by atoms with Gasteiger partial charge in [-0.25, -0.2) is 4.98 Å². The molecule has 0 aliphatic rings. The quantitative estimate of drug-likeness (QED) is 0.791. The Labute approximate surface area is 124 Å². The molecule has 4 nitrogen and oxygen atoms in total. The minimum absolute atomic E-state index is 0.834. The second-order valence-electron chi connectivity index (χ2n) is 4.86. The van der Waals surface area contributed by atoms with Crippen LogP contribution in [-0.2, 0) is 6.54 Å². The summed E-state index contributed by atoms with van der Waals surface area (Å²) in [6.07, 6.45) is 0. The van der Waals surface area contributed by atoms with Gasteiger partial charge in [0, 0.05) is 30.9 Å². The number of benzene rings is 2. The summed E-state index contributed by atoms with van der Waals surface area (Å²) in [5.41, 5.74) is 4.31. The van der Waals surface area contributed by atoms with Crippen molar-refractivity contribution >= 4 is 16.7 Å². The summed E-state index contributed by atoms with van der Waals surface area (Å²) in [5.74, 6) is 1.82. The van der Waals surface area contributed by atoms with E-state index in [4.69, 9.17) is 9.72 Å². The van der Waals surface area contributed by atoms with Gasteiger partial charge in [0.05, 0.1) is 18.1 Å². The smallest absolute Gasteiger partial charge is 0.141 e. The molecular formula is C17H19N3O. The minimum Gasteiger partial charge on any atom is -0.497 e. The first-order valence-electron chi connectivity index (χ1n) is 7.09. The lowest BCUT2D eigenvalue weighted by Crippen LogP contribution is -1.97. The zero-order valence-corrected chi connectivity index (χ0v) is 12.6. The molecule has 2 aromatic carbocycles. The summed E-state index contributed by atoms with van der Waals surface area (Å²) >= 11 is 0. The van der Waals surface area contributed by atoms with E-state index in [1.54, 1.807) is 7.11 Å². The topological polar surface area (TPSA) is 39.1 Å². The van der Waals surface area contributed by atoms with Crippen LogP contribution in [0.4, 0.5) is 5.69 Å². The van der Waals surface area contributed by atoms with Gasteiger partial charge in [0.2, 0.25) is 0 Å². The number of anilines is 1. The molecule has 0 amide bonds. The summed E-state index contributed by atoms with van der Waals surface area (Å²) < 4.78 is 7.51. The maximum Gasteiger partial charge on any atom is 0.141 e. The van der Waals surface area contributed by atoms with E-state index in [9.17, 15) is 0 Å². The van der Waals surface area contributed by atoms with Crippen molar-refractivity contribution in [3.8, 4) is 17.1 Å². The number of nitrogens with one attached hydrogen (secondary N) is 1. The molecule has 108 valence electrons. The van der Waals surface area contributed by atoms with Crippen molar-refractivity contribution in [2.75, 3.05) is 19.5 Å². The fourth-order valence-electron chi connectivity index (χ4n) is 2.56. The number of hydrogen-bond donors (Lipinski definition) is 1. The minimum atomic E-state index is 0.834.